The summed E-state index contributed by atoms with van der Waals surface area (Å²) in [4.78, 5) is 5.54. The molecular formula is C11H15N3O2S3. The van der Waals surface area contributed by atoms with Crippen molar-refractivity contribution in [2.75, 3.05) is 7.05 Å². The van der Waals surface area contributed by atoms with Crippen molar-refractivity contribution in [3.63, 3.8) is 0 Å². The Hall–Kier alpha value is -0.800. The van der Waals surface area contributed by atoms with E-state index in [1.165, 1.54) is 22.7 Å². The second-order valence-electron chi connectivity index (χ2n) is 3.99. The van der Waals surface area contributed by atoms with E-state index >= 15 is 0 Å². The molecule has 0 spiro atoms. The topological polar surface area (TPSA) is 71.1 Å². The minimum atomic E-state index is -3.45. The van der Waals surface area contributed by atoms with Crippen molar-refractivity contribution >= 4 is 32.7 Å². The average molecular weight is 317 g/mol. The zero-order valence-corrected chi connectivity index (χ0v) is 13.1. The fourth-order valence-corrected chi connectivity index (χ4v) is 4.57. The molecule has 2 N–H and O–H groups in total. The number of rotatable bonds is 6. The molecule has 2 aromatic heterocycles. The van der Waals surface area contributed by atoms with E-state index in [-0.39, 0.29) is 6.54 Å². The van der Waals surface area contributed by atoms with Crippen LogP contribution in [-0.2, 0) is 23.1 Å². The maximum Gasteiger partial charge on any atom is 0.241 e. The Morgan fingerprint density at radius 3 is 2.68 bits per heavy atom. The lowest BCUT2D eigenvalue weighted by Crippen LogP contribution is -2.22. The summed E-state index contributed by atoms with van der Waals surface area (Å²) in [6.07, 6.45) is 0. The van der Waals surface area contributed by atoms with Crippen LogP contribution in [0.2, 0.25) is 0 Å². The lowest BCUT2D eigenvalue weighted by atomic mass is 10.5. The van der Waals surface area contributed by atoms with E-state index in [1.54, 1.807) is 11.4 Å². The largest absolute Gasteiger partial charge is 0.315 e. The molecule has 0 saturated heterocycles. The number of aromatic nitrogens is 1. The predicted molar refractivity (Wildman–Crippen MR) is 78.0 cm³/mol. The molecule has 0 unspecified atom stereocenters. The highest BCUT2D eigenvalue weighted by atomic mass is 32.2. The van der Waals surface area contributed by atoms with Gasteiger partial charge in [0.2, 0.25) is 10.0 Å². The first-order valence-corrected chi connectivity index (χ1v) is 8.88. The number of nitrogens with one attached hydrogen (secondary N) is 2. The van der Waals surface area contributed by atoms with Gasteiger partial charge in [-0.3, -0.25) is 0 Å². The first-order valence-electron chi connectivity index (χ1n) is 5.64. The number of sulfonamides is 1. The molecule has 2 aromatic rings. The maximum absolute atomic E-state index is 12.1. The van der Waals surface area contributed by atoms with Gasteiger partial charge in [-0.05, 0) is 20.0 Å². The van der Waals surface area contributed by atoms with E-state index < -0.39 is 10.0 Å². The summed E-state index contributed by atoms with van der Waals surface area (Å²) in [6, 6.07) is 1.69. The molecule has 0 radical (unpaired) electrons. The van der Waals surface area contributed by atoms with Crippen LogP contribution < -0.4 is 10.0 Å². The molecule has 104 valence electrons. The van der Waals surface area contributed by atoms with E-state index in [1.807, 2.05) is 19.4 Å². The molecule has 0 aliphatic carbocycles. The quantitative estimate of drug-likeness (QED) is 0.851. The standard InChI is InChI=1S/C11H15N3O2S3/c1-8-6-18-11(14-8)5-13-19(15,16)10-3-9(4-12-2)17-7-10/h3,6-7,12-13H,4-5H2,1-2H3. The minimum absolute atomic E-state index is 0.234. The highest BCUT2D eigenvalue weighted by Crippen LogP contribution is 2.19. The van der Waals surface area contributed by atoms with Crippen LogP contribution in [0.1, 0.15) is 15.6 Å². The summed E-state index contributed by atoms with van der Waals surface area (Å²) >= 11 is 2.89. The van der Waals surface area contributed by atoms with Gasteiger partial charge in [-0.25, -0.2) is 18.1 Å². The summed E-state index contributed by atoms with van der Waals surface area (Å²) in [5, 5.41) is 7.32. The van der Waals surface area contributed by atoms with Crippen molar-refractivity contribution < 1.29 is 8.42 Å². The number of hydrogen-bond donors (Lipinski definition) is 2. The van der Waals surface area contributed by atoms with Crippen LogP contribution in [-0.4, -0.2) is 20.4 Å². The zero-order chi connectivity index (χ0) is 13.9. The van der Waals surface area contributed by atoms with Crippen molar-refractivity contribution in [1.82, 2.24) is 15.0 Å². The Morgan fingerprint density at radius 1 is 1.26 bits per heavy atom. The van der Waals surface area contributed by atoms with E-state index in [9.17, 15) is 8.42 Å². The smallest absolute Gasteiger partial charge is 0.241 e. The molecule has 0 saturated carbocycles. The molecule has 0 aliphatic heterocycles. The Labute approximate surface area is 120 Å². The lowest BCUT2D eigenvalue weighted by molar-refractivity contribution is 0.581. The van der Waals surface area contributed by atoms with Crippen molar-refractivity contribution in [3.8, 4) is 0 Å². The van der Waals surface area contributed by atoms with Gasteiger partial charge in [-0.2, -0.15) is 0 Å². The van der Waals surface area contributed by atoms with Gasteiger partial charge in [0, 0.05) is 27.9 Å². The van der Waals surface area contributed by atoms with Crippen LogP contribution in [0.5, 0.6) is 0 Å². The average Bonchev–Trinajstić information content (AvgIpc) is 2.97. The third kappa shape index (κ3) is 3.83. The molecule has 0 bridgehead atoms. The second-order valence-corrected chi connectivity index (χ2v) is 7.69. The summed E-state index contributed by atoms with van der Waals surface area (Å²) in [5.41, 5.74) is 0.908. The molecule has 2 heterocycles. The van der Waals surface area contributed by atoms with Crippen LogP contribution >= 0.6 is 22.7 Å². The van der Waals surface area contributed by atoms with Crippen molar-refractivity contribution in [1.29, 1.82) is 0 Å². The van der Waals surface area contributed by atoms with Gasteiger partial charge < -0.3 is 5.32 Å². The first-order chi connectivity index (χ1) is 9.01. The molecule has 2 rings (SSSR count). The predicted octanol–water partition coefficient (Wildman–Crippen LogP) is 1.71. The monoisotopic (exact) mass is 317 g/mol. The third-order valence-corrected chi connectivity index (χ3v) is 5.80. The van der Waals surface area contributed by atoms with Crippen LogP contribution in [0.4, 0.5) is 0 Å². The molecule has 0 fully saturated rings. The molecule has 8 heteroatoms. The number of nitrogens with zero attached hydrogens (tertiary/aromatic N) is 1. The van der Waals surface area contributed by atoms with Gasteiger partial charge in [0.25, 0.3) is 0 Å². The van der Waals surface area contributed by atoms with Crippen molar-refractivity contribution in [2.45, 2.75) is 24.9 Å². The van der Waals surface area contributed by atoms with Crippen LogP contribution in [0, 0.1) is 6.92 Å². The Morgan fingerprint density at radius 2 is 2.05 bits per heavy atom. The molecule has 5 nitrogen and oxygen atoms in total. The molecule has 0 atom stereocenters. The maximum atomic E-state index is 12.1. The van der Waals surface area contributed by atoms with Crippen molar-refractivity contribution in [2.24, 2.45) is 0 Å². The summed E-state index contributed by atoms with van der Waals surface area (Å²) in [7, 11) is -1.62. The lowest BCUT2D eigenvalue weighted by Gasteiger charge is -2.02. The highest BCUT2D eigenvalue weighted by molar-refractivity contribution is 7.89. The Kier molecular flexibility index (Phi) is 4.69. The normalized spacial score (nSPS) is 11.9. The third-order valence-electron chi connectivity index (χ3n) is 2.37. The van der Waals surface area contributed by atoms with Gasteiger partial charge in [0.15, 0.2) is 0 Å². The van der Waals surface area contributed by atoms with Gasteiger partial charge in [0.05, 0.1) is 11.4 Å². The minimum Gasteiger partial charge on any atom is -0.315 e. The van der Waals surface area contributed by atoms with Gasteiger partial charge >= 0.3 is 0 Å². The zero-order valence-electron chi connectivity index (χ0n) is 10.6. The Balaban J connectivity index is 2.04. The van der Waals surface area contributed by atoms with Crippen LogP contribution in [0.15, 0.2) is 21.7 Å². The van der Waals surface area contributed by atoms with Crippen LogP contribution in [0.3, 0.4) is 0 Å². The summed E-state index contributed by atoms with van der Waals surface area (Å²) < 4.78 is 26.7. The van der Waals surface area contributed by atoms with E-state index in [0.717, 1.165) is 15.6 Å². The molecule has 0 aliphatic rings. The fraction of sp³-hybridized carbons (Fsp3) is 0.364. The molecule has 0 aromatic carbocycles. The summed E-state index contributed by atoms with van der Waals surface area (Å²) in [6.45, 7) is 2.79. The second kappa shape index (κ2) is 6.10. The molecule has 19 heavy (non-hydrogen) atoms. The summed E-state index contributed by atoms with van der Waals surface area (Å²) in [5.74, 6) is 0. The van der Waals surface area contributed by atoms with E-state index in [0.29, 0.717) is 11.4 Å². The van der Waals surface area contributed by atoms with Gasteiger partial charge in [0.1, 0.15) is 5.01 Å². The van der Waals surface area contributed by atoms with E-state index in [2.05, 4.69) is 15.0 Å². The number of aryl methyl sites for hydroxylation is 1. The molecule has 0 amide bonds. The first kappa shape index (κ1) is 14.6. The van der Waals surface area contributed by atoms with Gasteiger partial charge in [-0.1, -0.05) is 0 Å². The van der Waals surface area contributed by atoms with E-state index in [4.69, 9.17) is 0 Å². The van der Waals surface area contributed by atoms with Gasteiger partial charge in [-0.15, -0.1) is 22.7 Å². The Bertz CT molecular complexity index is 646. The number of hydrogen-bond acceptors (Lipinski definition) is 6. The fourth-order valence-electron chi connectivity index (χ4n) is 1.49. The van der Waals surface area contributed by atoms with Crippen LogP contribution in [0.25, 0.3) is 0 Å². The highest BCUT2D eigenvalue weighted by Gasteiger charge is 2.16. The van der Waals surface area contributed by atoms with Crippen molar-refractivity contribution in [3.05, 3.63) is 32.4 Å². The number of thiazole rings is 1. The SMILES string of the molecule is CNCc1cc(S(=O)(=O)NCc2nc(C)cs2)cs1. The molecular weight excluding hydrogens is 302 g/mol. The number of thiophene rings is 1.